The Morgan fingerprint density at radius 3 is 2.37 bits per heavy atom. The number of rotatable bonds is 11. The van der Waals surface area contributed by atoms with E-state index in [9.17, 15) is 19.5 Å². The van der Waals surface area contributed by atoms with E-state index in [0.717, 1.165) is 19.6 Å². The first-order valence-electron chi connectivity index (χ1n) is 12.7. The Morgan fingerprint density at radius 1 is 1.11 bits per heavy atom. The second-order valence-corrected chi connectivity index (χ2v) is 9.07. The van der Waals surface area contributed by atoms with Crippen molar-refractivity contribution < 1.29 is 33.7 Å². The lowest BCUT2D eigenvalue weighted by Crippen LogP contribution is -2.33. The summed E-state index contributed by atoms with van der Waals surface area (Å²) in [6.45, 7) is 10.2. The second kappa shape index (κ2) is 12.2. The normalized spacial score (nSPS) is 16.8. The van der Waals surface area contributed by atoms with Crippen LogP contribution in [0, 0.1) is 13.8 Å². The van der Waals surface area contributed by atoms with Crippen molar-refractivity contribution >= 4 is 23.4 Å². The highest BCUT2D eigenvalue weighted by Crippen LogP contribution is 2.46. The van der Waals surface area contributed by atoms with Gasteiger partial charge in [-0.05, 0) is 51.5 Å². The van der Waals surface area contributed by atoms with Crippen LogP contribution in [-0.2, 0) is 14.3 Å². The zero-order valence-electron chi connectivity index (χ0n) is 23.1. The molecule has 38 heavy (non-hydrogen) atoms. The van der Waals surface area contributed by atoms with Crippen LogP contribution >= 0.6 is 0 Å². The van der Waals surface area contributed by atoms with Crippen LogP contribution in [0.3, 0.4) is 0 Å². The molecule has 1 atom stereocenters. The molecule has 0 radical (unpaired) electrons. The highest BCUT2D eigenvalue weighted by Gasteiger charge is 2.47. The van der Waals surface area contributed by atoms with Crippen LogP contribution in [0.5, 0.6) is 11.5 Å². The molecule has 0 aliphatic carbocycles. The smallest absolute Gasteiger partial charge is 0.354 e. The summed E-state index contributed by atoms with van der Waals surface area (Å²) < 4.78 is 16.0. The fourth-order valence-corrected chi connectivity index (χ4v) is 5.11. The summed E-state index contributed by atoms with van der Waals surface area (Å²) >= 11 is 0. The first-order valence-corrected chi connectivity index (χ1v) is 12.7. The molecule has 0 bridgehead atoms. The molecule has 2 heterocycles. The fourth-order valence-electron chi connectivity index (χ4n) is 5.11. The number of benzene rings is 1. The number of aromatic nitrogens is 1. The van der Waals surface area contributed by atoms with Gasteiger partial charge >= 0.3 is 5.97 Å². The van der Waals surface area contributed by atoms with E-state index >= 15 is 0 Å². The predicted molar refractivity (Wildman–Crippen MR) is 143 cm³/mol. The molecule has 1 unspecified atom stereocenters. The number of aryl methyl sites for hydroxylation is 1. The number of ketones is 1. The van der Waals surface area contributed by atoms with E-state index in [1.807, 2.05) is 0 Å². The minimum absolute atomic E-state index is 0.0778. The Morgan fingerprint density at radius 2 is 1.79 bits per heavy atom. The maximum absolute atomic E-state index is 13.5. The van der Waals surface area contributed by atoms with Gasteiger partial charge in [0.05, 0.1) is 32.9 Å². The maximum Gasteiger partial charge on any atom is 0.354 e. The molecule has 10 nitrogen and oxygen atoms in total. The van der Waals surface area contributed by atoms with Crippen LogP contribution in [0.1, 0.15) is 59.2 Å². The molecule has 1 saturated heterocycles. The number of ether oxygens (including phenoxy) is 3. The van der Waals surface area contributed by atoms with Crippen molar-refractivity contribution in [1.82, 2.24) is 14.8 Å². The summed E-state index contributed by atoms with van der Waals surface area (Å²) in [5.41, 5.74) is 1.75. The van der Waals surface area contributed by atoms with Gasteiger partial charge in [-0.2, -0.15) is 0 Å². The van der Waals surface area contributed by atoms with E-state index in [-0.39, 0.29) is 22.6 Å². The minimum atomic E-state index is -0.924. The molecule has 2 N–H and O–H groups in total. The molecule has 0 saturated carbocycles. The Balaban J connectivity index is 2.22. The molecular formula is C28H37N3O7. The summed E-state index contributed by atoms with van der Waals surface area (Å²) in [6.07, 6.45) is 0.631. The lowest BCUT2D eigenvalue weighted by atomic mass is 9.93. The van der Waals surface area contributed by atoms with E-state index in [1.54, 1.807) is 32.0 Å². The average Bonchev–Trinajstić information content (AvgIpc) is 3.36. The molecule has 3 rings (SSSR count). The Kier molecular flexibility index (Phi) is 9.22. The van der Waals surface area contributed by atoms with Crippen LogP contribution in [0.2, 0.25) is 0 Å². The second-order valence-electron chi connectivity index (χ2n) is 9.07. The number of hydrogen-bond donors (Lipinski definition) is 2. The molecule has 206 valence electrons. The molecule has 1 aromatic heterocycles. The van der Waals surface area contributed by atoms with Gasteiger partial charge < -0.3 is 34.1 Å². The predicted octanol–water partition coefficient (Wildman–Crippen LogP) is 3.59. The van der Waals surface area contributed by atoms with E-state index in [0.29, 0.717) is 41.3 Å². The van der Waals surface area contributed by atoms with Gasteiger partial charge in [-0.1, -0.05) is 26.0 Å². The number of H-pyrrole nitrogens is 1. The maximum atomic E-state index is 13.5. The van der Waals surface area contributed by atoms with Crippen LogP contribution in [0.25, 0.3) is 5.76 Å². The first-order chi connectivity index (χ1) is 18.2. The largest absolute Gasteiger partial charge is 0.507 e. The van der Waals surface area contributed by atoms with E-state index in [1.165, 1.54) is 26.2 Å². The minimum Gasteiger partial charge on any atom is -0.507 e. The number of Topliss-reactive ketones (excluding diaryl/α,β-unsaturated/α-hetero) is 1. The number of methoxy groups -OCH3 is 3. The molecule has 2 aromatic rings. The summed E-state index contributed by atoms with van der Waals surface area (Å²) in [5, 5.41) is 11.6. The zero-order chi connectivity index (χ0) is 28.1. The van der Waals surface area contributed by atoms with Crippen molar-refractivity contribution in [3.63, 3.8) is 0 Å². The van der Waals surface area contributed by atoms with Crippen molar-refractivity contribution in [2.45, 2.75) is 40.2 Å². The number of hydrogen-bond acceptors (Lipinski definition) is 8. The quantitative estimate of drug-likeness (QED) is 0.197. The topological polar surface area (TPSA) is 121 Å². The van der Waals surface area contributed by atoms with Gasteiger partial charge in [0.1, 0.15) is 11.5 Å². The van der Waals surface area contributed by atoms with Gasteiger partial charge in [0.2, 0.25) is 0 Å². The molecule has 1 aliphatic rings. The third-order valence-electron chi connectivity index (χ3n) is 7.10. The summed E-state index contributed by atoms with van der Waals surface area (Å²) in [5.74, 6) is -1.70. The molecular weight excluding hydrogens is 490 g/mol. The van der Waals surface area contributed by atoms with E-state index < -0.39 is 23.7 Å². The number of carbonyl (C=O) groups is 3. The van der Waals surface area contributed by atoms with E-state index in [4.69, 9.17) is 14.2 Å². The number of aromatic amines is 1. The lowest BCUT2D eigenvalue weighted by Gasteiger charge is -2.28. The Hall–Kier alpha value is -3.79. The number of likely N-dealkylation sites (tertiary alicyclic amines) is 1. The van der Waals surface area contributed by atoms with Gasteiger partial charge in [-0.3, -0.25) is 9.59 Å². The SMILES string of the molecule is CCN(CC)CCCN1C(=O)C(=O)/C(=C(/O)c2c(C)[nH]c(C(=O)OC)c2C)C1c1cccc(OC)c1OC. The molecule has 10 heteroatoms. The molecule has 0 spiro atoms. The van der Waals surface area contributed by atoms with Gasteiger partial charge in [0.25, 0.3) is 11.7 Å². The van der Waals surface area contributed by atoms with Gasteiger partial charge in [0, 0.05) is 23.4 Å². The molecule has 1 aromatic carbocycles. The van der Waals surface area contributed by atoms with Crippen LogP contribution in [-0.4, -0.2) is 85.1 Å². The van der Waals surface area contributed by atoms with Crippen molar-refractivity contribution in [3.8, 4) is 11.5 Å². The number of para-hydroxylation sites is 1. The van der Waals surface area contributed by atoms with Crippen molar-refractivity contribution in [3.05, 3.63) is 51.9 Å². The number of amides is 1. The molecule has 1 fully saturated rings. The number of nitrogens with zero attached hydrogens (tertiary/aromatic N) is 2. The lowest BCUT2D eigenvalue weighted by molar-refractivity contribution is -0.140. The van der Waals surface area contributed by atoms with Crippen LogP contribution < -0.4 is 9.47 Å². The van der Waals surface area contributed by atoms with Gasteiger partial charge in [-0.15, -0.1) is 0 Å². The molecule has 1 amide bonds. The number of aliphatic hydroxyl groups is 1. The van der Waals surface area contributed by atoms with Gasteiger partial charge in [-0.25, -0.2) is 4.79 Å². The monoisotopic (exact) mass is 527 g/mol. The zero-order valence-corrected chi connectivity index (χ0v) is 23.1. The average molecular weight is 528 g/mol. The standard InChI is InChI=1S/C28H37N3O7/c1-8-30(9-2)14-11-15-31-23(18-12-10-13-19(36-5)26(18)37-6)21(25(33)27(31)34)24(32)20-16(3)22(28(35)38-7)29-17(20)4/h10,12-13,23,29,32H,8-9,11,14-15H2,1-7H3/b24-21+. The van der Waals surface area contributed by atoms with Crippen molar-refractivity contribution in [1.29, 1.82) is 0 Å². The van der Waals surface area contributed by atoms with Crippen molar-refractivity contribution in [2.75, 3.05) is 47.5 Å². The highest BCUT2D eigenvalue weighted by molar-refractivity contribution is 6.46. The van der Waals surface area contributed by atoms with Gasteiger partial charge in [0.15, 0.2) is 11.5 Å². The number of aliphatic hydroxyl groups excluding tert-OH is 1. The van der Waals surface area contributed by atoms with Crippen LogP contribution in [0.15, 0.2) is 23.8 Å². The number of esters is 1. The summed E-state index contributed by atoms with van der Waals surface area (Å²) in [4.78, 5) is 45.8. The Bertz CT molecular complexity index is 1240. The number of carbonyl (C=O) groups excluding carboxylic acids is 3. The van der Waals surface area contributed by atoms with Crippen molar-refractivity contribution in [2.24, 2.45) is 0 Å². The highest BCUT2D eigenvalue weighted by atomic mass is 16.5. The van der Waals surface area contributed by atoms with E-state index in [2.05, 4.69) is 23.7 Å². The fraction of sp³-hybridized carbons (Fsp3) is 0.464. The third-order valence-corrected chi connectivity index (χ3v) is 7.10. The summed E-state index contributed by atoms with van der Waals surface area (Å²) in [7, 11) is 4.25. The summed E-state index contributed by atoms with van der Waals surface area (Å²) in [6, 6.07) is 4.29. The first kappa shape index (κ1) is 28.8. The van der Waals surface area contributed by atoms with Crippen LogP contribution in [0.4, 0.5) is 0 Å². The number of nitrogens with one attached hydrogen (secondary N) is 1. The Labute approximate surface area is 223 Å². The molecule has 1 aliphatic heterocycles. The third kappa shape index (κ3) is 5.13.